The molecule has 0 aromatic heterocycles. The normalized spacial score (nSPS) is 19.4. The van der Waals surface area contributed by atoms with Crippen LogP contribution in [0.25, 0.3) is 0 Å². The van der Waals surface area contributed by atoms with Gasteiger partial charge in [-0.25, -0.2) is 0 Å². The smallest absolute Gasteiger partial charge is 0.0433 e. The van der Waals surface area contributed by atoms with Crippen LogP contribution in [-0.2, 0) is 0 Å². The van der Waals surface area contributed by atoms with E-state index in [1.807, 2.05) is 0 Å². The second kappa shape index (κ2) is 5.71. The maximum Gasteiger partial charge on any atom is 0.0433 e. The molecule has 0 saturated carbocycles. The Morgan fingerprint density at radius 3 is 2.28 bits per heavy atom. The van der Waals surface area contributed by atoms with Crippen molar-refractivity contribution in [3.05, 3.63) is 48.6 Å². The predicted octanol–water partition coefficient (Wildman–Crippen LogP) is 4.43. The van der Waals surface area contributed by atoms with E-state index >= 15 is 0 Å². The van der Waals surface area contributed by atoms with Crippen molar-refractivity contribution in [1.29, 1.82) is 0 Å². The second-order valence-electron chi connectivity index (χ2n) is 5.94. The van der Waals surface area contributed by atoms with Crippen LogP contribution in [-0.4, -0.2) is 18.0 Å². The van der Waals surface area contributed by atoms with E-state index in [2.05, 4.69) is 61.7 Å². The molecular formula is C17H25N. The lowest BCUT2D eigenvalue weighted by Gasteiger charge is -2.42. The van der Waals surface area contributed by atoms with Crippen molar-refractivity contribution in [3.8, 4) is 0 Å². The highest BCUT2D eigenvalue weighted by Gasteiger charge is 2.33. The minimum Gasteiger partial charge on any atom is -0.295 e. The molecule has 1 atom stereocenters. The molecule has 1 nitrogen and oxygen atoms in total. The molecule has 1 saturated heterocycles. The summed E-state index contributed by atoms with van der Waals surface area (Å²) in [6.45, 7) is 11.1. The van der Waals surface area contributed by atoms with Crippen LogP contribution in [0.15, 0.2) is 43.0 Å². The molecule has 1 aliphatic rings. The summed E-state index contributed by atoms with van der Waals surface area (Å²) in [7, 11) is 0. The van der Waals surface area contributed by atoms with E-state index in [-0.39, 0.29) is 5.41 Å². The monoisotopic (exact) mass is 243 g/mol. The molecule has 1 aliphatic heterocycles. The first-order valence-corrected chi connectivity index (χ1v) is 7.08. The van der Waals surface area contributed by atoms with E-state index in [1.165, 1.54) is 37.9 Å². The summed E-state index contributed by atoms with van der Waals surface area (Å²) in [4.78, 5) is 2.64. The van der Waals surface area contributed by atoms with Crippen LogP contribution in [0.5, 0.6) is 0 Å². The Morgan fingerprint density at radius 1 is 1.11 bits per heavy atom. The summed E-state index contributed by atoms with van der Waals surface area (Å²) in [5.41, 5.74) is 1.53. The van der Waals surface area contributed by atoms with E-state index < -0.39 is 0 Å². The van der Waals surface area contributed by atoms with Gasteiger partial charge >= 0.3 is 0 Å². The van der Waals surface area contributed by atoms with Crippen molar-refractivity contribution in [2.45, 2.75) is 39.2 Å². The highest BCUT2D eigenvalue weighted by molar-refractivity contribution is 5.23. The molecular weight excluding hydrogens is 218 g/mol. The molecule has 1 unspecified atom stereocenters. The molecule has 2 rings (SSSR count). The number of benzene rings is 1. The third kappa shape index (κ3) is 2.84. The summed E-state index contributed by atoms with van der Waals surface area (Å²) < 4.78 is 0. The van der Waals surface area contributed by atoms with Gasteiger partial charge < -0.3 is 0 Å². The van der Waals surface area contributed by atoms with E-state index in [9.17, 15) is 0 Å². The van der Waals surface area contributed by atoms with Crippen LogP contribution < -0.4 is 0 Å². The Balaban J connectivity index is 2.31. The SMILES string of the molecule is C=CC(C)(C)C(c1ccccc1)N1CCCCC1. The van der Waals surface area contributed by atoms with Crippen molar-refractivity contribution in [3.63, 3.8) is 0 Å². The minimum absolute atomic E-state index is 0.110. The fourth-order valence-corrected chi connectivity index (χ4v) is 3.03. The van der Waals surface area contributed by atoms with Crippen molar-refractivity contribution in [1.82, 2.24) is 4.90 Å². The summed E-state index contributed by atoms with van der Waals surface area (Å²) >= 11 is 0. The fourth-order valence-electron chi connectivity index (χ4n) is 3.03. The zero-order valence-corrected chi connectivity index (χ0v) is 11.7. The molecule has 0 spiro atoms. The Morgan fingerprint density at radius 2 is 1.72 bits per heavy atom. The van der Waals surface area contributed by atoms with Crippen LogP contribution in [0.4, 0.5) is 0 Å². The third-order valence-electron chi connectivity index (χ3n) is 4.10. The standard InChI is InChI=1S/C17H25N/c1-4-17(2,3)16(15-11-7-5-8-12-15)18-13-9-6-10-14-18/h4-5,7-8,11-12,16H,1,6,9-10,13-14H2,2-3H3. The van der Waals surface area contributed by atoms with Crippen LogP contribution in [0.1, 0.15) is 44.7 Å². The molecule has 0 bridgehead atoms. The number of likely N-dealkylation sites (tertiary alicyclic amines) is 1. The molecule has 18 heavy (non-hydrogen) atoms. The van der Waals surface area contributed by atoms with Crippen molar-refractivity contribution < 1.29 is 0 Å². The largest absolute Gasteiger partial charge is 0.295 e. The first-order chi connectivity index (χ1) is 8.65. The highest BCUT2D eigenvalue weighted by Crippen LogP contribution is 2.40. The number of hydrogen-bond acceptors (Lipinski definition) is 1. The number of rotatable bonds is 4. The van der Waals surface area contributed by atoms with E-state index in [1.54, 1.807) is 0 Å². The van der Waals surface area contributed by atoms with Crippen LogP contribution in [0.2, 0.25) is 0 Å². The molecule has 1 heteroatoms. The molecule has 0 amide bonds. The van der Waals surface area contributed by atoms with Gasteiger partial charge in [0.1, 0.15) is 0 Å². The van der Waals surface area contributed by atoms with Crippen LogP contribution in [0.3, 0.4) is 0 Å². The first-order valence-electron chi connectivity index (χ1n) is 7.08. The molecule has 0 radical (unpaired) electrons. The van der Waals surface area contributed by atoms with Crippen LogP contribution >= 0.6 is 0 Å². The van der Waals surface area contributed by atoms with Gasteiger partial charge in [-0.2, -0.15) is 0 Å². The van der Waals surface area contributed by atoms with E-state index in [0.29, 0.717) is 6.04 Å². The third-order valence-corrected chi connectivity index (χ3v) is 4.10. The van der Waals surface area contributed by atoms with Crippen molar-refractivity contribution >= 4 is 0 Å². The van der Waals surface area contributed by atoms with Gasteiger partial charge in [0, 0.05) is 11.5 Å². The number of hydrogen-bond donors (Lipinski definition) is 0. The maximum atomic E-state index is 4.05. The van der Waals surface area contributed by atoms with Crippen molar-refractivity contribution in [2.75, 3.05) is 13.1 Å². The highest BCUT2D eigenvalue weighted by atomic mass is 15.2. The summed E-state index contributed by atoms with van der Waals surface area (Å²) in [6, 6.07) is 11.3. The van der Waals surface area contributed by atoms with E-state index in [4.69, 9.17) is 0 Å². The summed E-state index contributed by atoms with van der Waals surface area (Å²) in [5, 5.41) is 0. The van der Waals surface area contributed by atoms with Gasteiger partial charge in [0.15, 0.2) is 0 Å². The van der Waals surface area contributed by atoms with Crippen LogP contribution in [0, 0.1) is 5.41 Å². The number of piperidine rings is 1. The molecule has 1 aromatic rings. The lowest BCUT2D eigenvalue weighted by Crippen LogP contribution is -2.40. The average Bonchev–Trinajstić information content (AvgIpc) is 2.41. The minimum atomic E-state index is 0.110. The summed E-state index contributed by atoms with van der Waals surface area (Å²) in [5.74, 6) is 0. The fraction of sp³-hybridized carbons (Fsp3) is 0.529. The van der Waals surface area contributed by atoms with Gasteiger partial charge in [0.25, 0.3) is 0 Å². The van der Waals surface area contributed by atoms with Crippen molar-refractivity contribution in [2.24, 2.45) is 5.41 Å². The first kappa shape index (κ1) is 13.4. The predicted molar refractivity (Wildman–Crippen MR) is 78.6 cm³/mol. The average molecular weight is 243 g/mol. The molecule has 0 aliphatic carbocycles. The quantitative estimate of drug-likeness (QED) is 0.707. The van der Waals surface area contributed by atoms with Gasteiger partial charge in [0.2, 0.25) is 0 Å². The van der Waals surface area contributed by atoms with Gasteiger partial charge in [-0.1, -0.05) is 56.7 Å². The molecule has 1 fully saturated rings. The van der Waals surface area contributed by atoms with Gasteiger partial charge in [-0.3, -0.25) is 4.90 Å². The zero-order chi connectivity index (χ0) is 13.0. The Bertz CT molecular complexity index is 374. The van der Waals surface area contributed by atoms with Gasteiger partial charge in [-0.15, -0.1) is 6.58 Å². The maximum absolute atomic E-state index is 4.05. The van der Waals surface area contributed by atoms with Gasteiger partial charge in [-0.05, 0) is 31.5 Å². The molecule has 98 valence electrons. The summed E-state index contributed by atoms with van der Waals surface area (Å²) in [6.07, 6.45) is 6.15. The number of nitrogens with zero attached hydrogens (tertiary/aromatic N) is 1. The second-order valence-corrected chi connectivity index (χ2v) is 5.94. The lowest BCUT2D eigenvalue weighted by atomic mass is 9.79. The molecule has 1 heterocycles. The Hall–Kier alpha value is -1.08. The topological polar surface area (TPSA) is 3.24 Å². The van der Waals surface area contributed by atoms with E-state index in [0.717, 1.165) is 0 Å². The zero-order valence-electron chi connectivity index (χ0n) is 11.7. The van der Waals surface area contributed by atoms with Gasteiger partial charge in [0.05, 0.1) is 0 Å². The Labute approximate surface area is 112 Å². The molecule has 1 aromatic carbocycles. The molecule has 0 N–H and O–H groups in total. The Kier molecular flexibility index (Phi) is 4.23. The lowest BCUT2D eigenvalue weighted by molar-refractivity contribution is 0.0954.